The maximum Gasteiger partial charge on any atom is 0.183 e. The summed E-state index contributed by atoms with van der Waals surface area (Å²) in [4.78, 5) is 0. The van der Waals surface area contributed by atoms with Crippen molar-refractivity contribution in [2.45, 2.75) is 0 Å². The van der Waals surface area contributed by atoms with Crippen LogP contribution in [0, 0.1) is 0 Å². The third-order valence-corrected chi connectivity index (χ3v) is 5.00. The molecule has 0 aliphatic heterocycles. The van der Waals surface area contributed by atoms with Crippen molar-refractivity contribution in [2.24, 2.45) is 0 Å². The Labute approximate surface area is 118 Å². The topological polar surface area (TPSA) is 9.23 Å². The van der Waals surface area contributed by atoms with Crippen molar-refractivity contribution < 1.29 is 4.74 Å². The summed E-state index contributed by atoms with van der Waals surface area (Å²) < 4.78 is 8.51. The highest BCUT2D eigenvalue weighted by Crippen LogP contribution is 2.39. The van der Waals surface area contributed by atoms with Gasteiger partial charge in [-0.25, -0.2) is 0 Å². The van der Waals surface area contributed by atoms with E-state index in [1.807, 2.05) is 0 Å². The molecule has 0 bridgehead atoms. The van der Waals surface area contributed by atoms with Crippen molar-refractivity contribution in [1.29, 1.82) is 0 Å². The van der Waals surface area contributed by atoms with E-state index in [1.54, 1.807) is 22.7 Å². The maximum absolute atomic E-state index is 5.99. The molecule has 4 rings (SSSR count). The molecule has 0 unspecified atom stereocenters. The van der Waals surface area contributed by atoms with Gasteiger partial charge in [0.1, 0.15) is 0 Å². The lowest BCUT2D eigenvalue weighted by Crippen LogP contribution is -1.73. The normalized spacial score (nSPS) is 11.2. The lowest BCUT2D eigenvalue weighted by molar-refractivity contribution is 0.512. The van der Waals surface area contributed by atoms with Crippen LogP contribution in [0.2, 0.25) is 0 Å². The highest BCUT2D eigenvalue weighted by molar-refractivity contribution is 7.22. The van der Waals surface area contributed by atoms with Crippen LogP contribution in [0.15, 0.2) is 60.7 Å². The number of hydrogen-bond acceptors (Lipinski definition) is 3. The fraction of sp³-hybridized carbons (Fsp3) is 0. The van der Waals surface area contributed by atoms with Gasteiger partial charge in [-0.3, -0.25) is 0 Å². The molecule has 0 aliphatic carbocycles. The Morgan fingerprint density at radius 3 is 1.58 bits per heavy atom. The largest absolute Gasteiger partial charge is 0.436 e. The van der Waals surface area contributed by atoms with Gasteiger partial charge in [-0.2, -0.15) is 0 Å². The second-order valence-corrected chi connectivity index (χ2v) is 6.40. The van der Waals surface area contributed by atoms with Gasteiger partial charge in [-0.1, -0.05) is 59.1 Å². The monoisotopic (exact) mass is 282 g/mol. The van der Waals surface area contributed by atoms with Crippen molar-refractivity contribution >= 4 is 42.8 Å². The summed E-state index contributed by atoms with van der Waals surface area (Å²) in [7, 11) is 0. The lowest BCUT2D eigenvalue weighted by Gasteiger charge is -1.95. The summed E-state index contributed by atoms with van der Waals surface area (Å²) in [5.74, 6) is 0. The molecule has 0 radical (unpaired) electrons. The molecule has 0 saturated carbocycles. The number of benzene rings is 2. The summed E-state index contributed by atoms with van der Waals surface area (Å²) in [6.07, 6.45) is 0. The minimum atomic E-state index is 0.952. The first-order valence-electron chi connectivity index (χ1n) is 6.03. The Balaban J connectivity index is 1.73. The van der Waals surface area contributed by atoms with Crippen LogP contribution in [0.4, 0.5) is 0 Å². The highest BCUT2D eigenvalue weighted by atomic mass is 32.1. The molecule has 19 heavy (non-hydrogen) atoms. The summed E-state index contributed by atoms with van der Waals surface area (Å²) in [5, 5.41) is 4.38. The quantitative estimate of drug-likeness (QED) is 0.444. The van der Waals surface area contributed by atoms with Crippen molar-refractivity contribution in [3.8, 4) is 10.1 Å². The van der Waals surface area contributed by atoms with Crippen molar-refractivity contribution in [3.63, 3.8) is 0 Å². The van der Waals surface area contributed by atoms with Gasteiger partial charge in [0.25, 0.3) is 0 Å². The van der Waals surface area contributed by atoms with E-state index >= 15 is 0 Å². The van der Waals surface area contributed by atoms with Crippen LogP contribution in [-0.2, 0) is 0 Å². The lowest BCUT2D eigenvalue weighted by atomic mass is 10.3. The molecule has 2 aromatic carbocycles. The molecule has 0 aliphatic rings. The van der Waals surface area contributed by atoms with Gasteiger partial charge in [-0.05, 0) is 22.9 Å². The SMILES string of the molecule is c1ccc2sc(Oc3cc4ccccc4s3)cc2c1. The molecule has 0 amide bonds. The molecule has 0 fully saturated rings. The van der Waals surface area contributed by atoms with Crippen molar-refractivity contribution in [3.05, 3.63) is 60.7 Å². The minimum absolute atomic E-state index is 0.952. The molecule has 92 valence electrons. The number of fused-ring (bicyclic) bond motifs is 2. The van der Waals surface area contributed by atoms with E-state index in [9.17, 15) is 0 Å². The Morgan fingerprint density at radius 2 is 1.11 bits per heavy atom. The first kappa shape index (κ1) is 11.0. The predicted molar refractivity (Wildman–Crippen MR) is 83.7 cm³/mol. The minimum Gasteiger partial charge on any atom is -0.436 e. The average molecular weight is 282 g/mol. The maximum atomic E-state index is 5.99. The van der Waals surface area contributed by atoms with Crippen LogP contribution in [0.25, 0.3) is 20.2 Å². The van der Waals surface area contributed by atoms with E-state index in [2.05, 4.69) is 60.7 Å². The van der Waals surface area contributed by atoms with Gasteiger partial charge < -0.3 is 4.74 Å². The van der Waals surface area contributed by atoms with E-state index in [1.165, 1.54) is 20.2 Å². The molecule has 2 aromatic heterocycles. The van der Waals surface area contributed by atoms with E-state index in [-0.39, 0.29) is 0 Å². The Bertz CT molecular complexity index is 719. The predicted octanol–water partition coefficient (Wildman–Crippen LogP) is 5.91. The Hall–Kier alpha value is -1.84. The van der Waals surface area contributed by atoms with Crippen LogP contribution in [0.3, 0.4) is 0 Å². The van der Waals surface area contributed by atoms with Gasteiger partial charge in [0, 0.05) is 21.5 Å². The van der Waals surface area contributed by atoms with Gasteiger partial charge in [0.2, 0.25) is 0 Å². The fourth-order valence-corrected chi connectivity index (χ4v) is 4.02. The molecule has 1 nitrogen and oxygen atoms in total. The molecule has 2 heterocycles. The molecule has 0 saturated heterocycles. The second-order valence-electron chi connectivity index (χ2n) is 4.31. The molecular formula is C16H10OS2. The molecular weight excluding hydrogens is 272 g/mol. The number of hydrogen-bond donors (Lipinski definition) is 0. The standard InChI is InChI=1S/C16H10OS2/c1-3-7-13-11(5-1)9-15(18-13)17-16-10-12-6-2-4-8-14(12)19-16/h1-10H. The third kappa shape index (κ3) is 2.01. The van der Waals surface area contributed by atoms with Crippen LogP contribution < -0.4 is 4.74 Å². The van der Waals surface area contributed by atoms with E-state index in [4.69, 9.17) is 4.74 Å². The smallest absolute Gasteiger partial charge is 0.183 e. The van der Waals surface area contributed by atoms with Crippen LogP contribution >= 0.6 is 22.7 Å². The number of thiophene rings is 2. The zero-order valence-corrected chi connectivity index (χ0v) is 11.6. The van der Waals surface area contributed by atoms with Crippen LogP contribution in [-0.4, -0.2) is 0 Å². The zero-order chi connectivity index (χ0) is 12.7. The summed E-state index contributed by atoms with van der Waals surface area (Å²) in [6.45, 7) is 0. The molecule has 0 atom stereocenters. The molecule has 4 aromatic rings. The van der Waals surface area contributed by atoms with Crippen LogP contribution in [0.5, 0.6) is 10.1 Å². The molecule has 3 heteroatoms. The van der Waals surface area contributed by atoms with E-state index < -0.39 is 0 Å². The average Bonchev–Trinajstić information content (AvgIpc) is 3.00. The third-order valence-electron chi connectivity index (χ3n) is 3.01. The summed E-state index contributed by atoms with van der Waals surface area (Å²) in [6, 6.07) is 20.9. The Kier molecular flexibility index (Phi) is 2.53. The van der Waals surface area contributed by atoms with Gasteiger partial charge in [-0.15, -0.1) is 0 Å². The Morgan fingerprint density at radius 1 is 0.632 bits per heavy atom. The second kappa shape index (κ2) is 4.37. The number of ether oxygens (including phenoxy) is 1. The van der Waals surface area contributed by atoms with Crippen LogP contribution in [0.1, 0.15) is 0 Å². The fourth-order valence-electron chi connectivity index (χ4n) is 2.11. The van der Waals surface area contributed by atoms with Crippen molar-refractivity contribution in [1.82, 2.24) is 0 Å². The van der Waals surface area contributed by atoms with E-state index in [0.29, 0.717) is 0 Å². The highest BCUT2D eigenvalue weighted by Gasteiger charge is 2.06. The summed E-state index contributed by atoms with van der Waals surface area (Å²) in [5.41, 5.74) is 0. The first-order valence-corrected chi connectivity index (χ1v) is 7.67. The first-order chi connectivity index (χ1) is 9.38. The van der Waals surface area contributed by atoms with Gasteiger partial charge in [0.05, 0.1) is 0 Å². The molecule has 0 spiro atoms. The number of rotatable bonds is 2. The van der Waals surface area contributed by atoms with Crippen molar-refractivity contribution in [2.75, 3.05) is 0 Å². The molecule has 0 N–H and O–H groups in total. The van der Waals surface area contributed by atoms with Gasteiger partial charge >= 0.3 is 0 Å². The zero-order valence-electron chi connectivity index (χ0n) is 10.00. The van der Waals surface area contributed by atoms with Gasteiger partial charge in [0.15, 0.2) is 10.1 Å². The summed E-state index contributed by atoms with van der Waals surface area (Å²) >= 11 is 3.37. The van der Waals surface area contributed by atoms with E-state index in [0.717, 1.165) is 10.1 Å².